The van der Waals surface area contributed by atoms with Gasteiger partial charge in [0.05, 0.1) is 0 Å². The van der Waals surface area contributed by atoms with Crippen molar-refractivity contribution in [1.29, 1.82) is 0 Å². The van der Waals surface area contributed by atoms with Gasteiger partial charge in [-0.25, -0.2) is 0 Å². The summed E-state index contributed by atoms with van der Waals surface area (Å²) in [5, 5.41) is 2.23. The fourth-order valence-electron chi connectivity index (χ4n) is 6.95. The maximum atomic E-state index is 6.67. The topological polar surface area (TPSA) is 16.4 Å². The van der Waals surface area contributed by atoms with Gasteiger partial charge < -0.3 is 9.32 Å². The first-order chi connectivity index (χ1) is 24.8. The highest BCUT2D eigenvalue weighted by atomic mass is 16.3. The zero-order valence-corrected chi connectivity index (χ0v) is 27.4. The highest BCUT2D eigenvalue weighted by molar-refractivity contribution is 6.12. The van der Waals surface area contributed by atoms with E-state index in [1.807, 2.05) is 0 Å². The number of hydrogen-bond acceptors (Lipinski definition) is 2. The zero-order valence-electron chi connectivity index (χ0n) is 27.4. The molecule has 2 heteroatoms. The Kier molecular flexibility index (Phi) is 7.53. The van der Waals surface area contributed by atoms with Gasteiger partial charge in [0.15, 0.2) is 0 Å². The summed E-state index contributed by atoms with van der Waals surface area (Å²) in [6.07, 6.45) is 0. The predicted molar refractivity (Wildman–Crippen MR) is 210 cm³/mol. The number of nitrogens with zero attached hydrogens (tertiary/aromatic N) is 1. The number of fused-ring (bicyclic) bond motifs is 3. The summed E-state index contributed by atoms with van der Waals surface area (Å²) >= 11 is 0. The Morgan fingerprint density at radius 3 is 1.30 bits per heavy atom. The van der Waals surface area contributed by atoms with E-state index in [0.29, 0.717) is 0 Å². The van der Waals surface area contributed by atoms with Crippen LogP contribution in [-0.2, 0) is 0 Å². The molecule has 8 aromatic carbocycles. The molecule has 0 aliphatic heterocycles. The number of hydrogen-bond donors (Lipinski definition) is 0. The highest BCUT2D eigenvalue weighted by Crippen LogP contribution is 2.42. The lowest BCUT2D eigenvalue weighted by Crippen LogP contribution is -2.09. The molecule has 1 heterocycles. The van der Waals surface area contributed by atoms with Crippen LogP contribution in [-0.4, -0.2) is 0 Å². The molecule has 50 heavy (non-hydrogen) atoms. The summed E-state index contributed by atoms with van der Waals surface area (Å²) in [4.78, 5) is 2.31. The van der Waals surface area contributed by atoms with Crippen molar-refractivity contribution in [3.63, 3.8) is 0 Å². The maximum absolute atomic E-state index is 6.67. The lowest BCUT2D eigenvalue weighted by Gasteiger charge is -2.26. The summed E-state index contributed by atoms with van der Waals surface area (Å²) in [6, 6.07) is 70.9. The van der Waals surface area contributed by atoms with Crippen LogP contribution >= 0.6 is 0 Å². The van der Waals surface area contributed by atoms with Gasteiger partial charge in [-0.3, -0.25) is 0 Å². The Labute approximate surface area is 292 Å². The molecule has 0 spiro atoms. The van der Waals surface area contributed by atoms with Crippen molar-refractivity contribution in [2.75, 3.05) is 4.90 Å². The van der Waals surface area contributed by atoms with Gasteiger partial charge in [-0.15, -0.1) is 0 Å². The summed E-state index contributed by atoms with van der Waals surface area (Å²) in [5.74, 6) is 0. The first kappa shape index (κ1) is 29.5. The Balaban J connectivity index is 1.16. The Bertz CT molecular complexity index is 2540. The second-order valence-electron chi connectivity index (χ2n) is 12.6. The third-order valence-electron chi connectivity index (χ3n) is 9.47. The Morgan fingerprint density at radius 1 is 0.300 bits per heavy atom. The van der Waals surface area contributed by atoms with Crippen LogP contribution in [0.25, 0.3) is 66.4 Å². The van der Waals surface area contributed by atoms with Crippen LogP contribution in [0.15, 0.2) is 205 Å². The molecule has 0 amide bonds. The molecular formula is C48H33NO. The maximum Gasteiger partial charge on any atom is 0.143 e. The van der Waals surface area contributed by atoms with Gasteiger partial charge in [-0.05, 0) is 99.6 Å². The second kappa shape index (κ2) is 12.8. The van der Waals surface area contributed by atoms with Crippen LogP contribution in [0.4, 0.5) is 17.1 Å². The normalized spacial score (nSPS) is 11.2. The van der Waals surface area contributed by atoms with Gasteiger partial charge in [-0.2, -0.15) is 0 Å². The number of para-hydroxylation sites is 1. The van der Waals surface area contributed by atoms with Crippen LogP contribution in [0.5, 0.6) is 0 Å². The molecule has 236 valence electrons. The number of benzene rings is 8. The van der Waals surface area contributed by atoms with Crippen molar-refractivity contribution in [2.24, 2.45) is 0 Å². The molecule has 1 aromatic heterocycles. The third-order valence-corrected chi connectivity index (χ3v) is 9.47. The van der Waals surface area contributed by atoms with Gasteiger partial charge >= 0.3 is 0 Å². The van der Waals surface area contributed by atoms with E-state index in [4.69, 9.17) is 4.42 Å². The number of furan rings is 1. The van der Waals surface area contributed by atoms with Gasteiger partial charge in [0.25, 0.3) is 0 Å². The van der Waals surface area contributed by atoms with Crippen molar-refractivity contribution in [1.82, 2.24) is 0 Å². The minimum atomic E-state index is 0.886. The summed E-state index contributed by atoms with van der Waals surface area (Å²) in [6.45, 7) is 0. The quantitative estimate of drug-likeness (QED) is 0.173. The molecule has 0 saturated heterocycles. The molecule has 2 nitrogen and oxygen atoms in total. The van der Waals surface area contributed by atoms with Crippen LogP contribution in [0.2, 0.25) is 0 Å². The van der Waals surface area contributed by atoms with E-state index in [1.165, 1.54) is 27.8 Å². The summed E-state index contributed by atoms with van der Waals surface area (Å²) in [5.41, 5.74) is 14.4. The minimum absolute atomic E-state index is 0.886. The van der Waals surface area contributed by atoms with Crippen LogP contribution in [0.1, 0.15) is 0 Å². The van der Waals surface area contributed by atoms with E-state index in [9.17, 15) is 0 Å². The lowest BCUT2D eigenvalue weighted by molar-refractivity contribution is 0.670. The fraction of sp³-hybridized carbons (Fsp3) is 0. The first-order valence-corrected chi connectivity index (χ1v) is 17.0. The van der Waals surface area contributed by atoms with Gasteiger partial charge in [0, 0.05) is 33.4 Å². The van der Waals surface area contributed by atoms with Gasteiger partial charge in [0.2, 0.25) is 0 Å². The van der Waals surface area contributed by atoms with Crippen molar-refractivity contribution < 1.29 is 4.42 Å². The Hall–Kier alpha value is -6.64. The molecule has 0 unspecified atom stereocenters. The third kappa shape index (κ3) is 5.53. The number of anilines is 3. The first-order valence-electron chi connectivity index (χ1n) is 17.0. The number of rotatable bonds is 7. The highest BCUT2D eigenvalue weighted by Gasteiger charge is 2.18. The average Bonchev–Trinajstić information content (AvgIpc) is 3.58. The molecule has 0 saturated carbocycles. The van der Waals surface area contributed by atoms with E-state index in [1.54, 1.807) is 0 Å². The van der Waals surface area contributed by atoms with Crippen LogP contribution in [0.3, 0.4) is 0 Å². The molecule has 0 aliphatic carbocycles. The van der Waals surface area contributed by atoms with Crippen molar-refractivity contribution in [3.05, 3.63) is 200 Å². The van der Waals surface area contributed by atoms with Gasteiger partial charge in [-0.1, -0.05) is 140 Å². The van der Waals surface area contributed by atoms with Crippen molar-refractivity contribution >= 4 is 39.0 Å². The van der Waals surface area contributed by atoms with Crippen LogP contribution < -0.4 is 4.90 Å². The molecular weight excluding hydrogens is 607 g/mol. The van der Waals surface area contributed by atoms with E-state index in [-0.39, 0.29) is 0 Å². The van der Waals surface area contributed by atoms with E-state index in [0.717, 1.165) is 55.7 Å². The Morgan fingerprint density at radius 2 is 0.720 bits per heavy atom. The molecule has 0 aliphatic rings. The fourth-order valence-corrected chi connectivity index (χ4v) is 6.95. The molecule has 0 fully saturated rings. The van der Waals surface area contributed by atoms with Crippen molar-refractivity contribution in [3.8, 4) is 44.5 Å². The molecule has 9 aromatic rings. The van der Waals surface area contributed by atoms with Gasteiger partial charge in [0.1, 0.15) is 11.2 Å². The lowest BCUT2D eigenvalue weighted by atomic mass is 9.95. The van der Waals surface area contributed by atoms with E-state index < -0.39 is 0 Å². The smallest absolute Gasteiger partial charge is 0.143 e. The second-order valence-corrected chi connectivity index (χ2v) is 12.6. The minimum Gasteiger partial charge on any atom is -0.455 e. The van der Waals surface area contributed by atoms with Crippen molar-refractivity contribution in [2.45, 2.75) is 0 Å². The predicted octanol–water partition coefficient (Wildman–Crippen LogP) is 13.7. The molecule has 9 rings (SSSR count). The SMILES string of the molecule is c1ccc(-c2ccc(N(c3ccccc3)c3ccc(-c4cc(-c5ccccc5)cc5c4oc4ccc(-c6ccccc6)cc45)cc3)cc2)cc1. The molecule has 0 atom stereocenters. The zero-order chi connectivity index (χ0) is 33.3. The monoisotopic (exact) mass is 639 g/mol. The van der Waals surface area contributed by atoms with E-state index in [2.05, 4.69) is 205 Å². The van der Waals surface area contributed by atoms with Crippen LogP contribution in [0, 0.1) is 0 Å². The molecule has 0 radical (unpaired) electrons. The summed E-state index contributed by atoms with van der Waals surface area (Å²) < 4.78 is 6.67. The average molecular weight is 640 g/mol. The summed E-state index contributed by atoms with van der Waals surface area (Å²) in [7, 11) is 0. The largest absolute Gasteiger partial charge is 0.455 e. The molecule has 0 bridgehead atoms. The molecule has 0 N–H and O–H groups in total. The van der Waals surface area contributed by atoms with E-state index >= 15 is 0 Å². The standard InChI is InChI=1S/C48H33NO/c1-5-13-34(14-6-1)37-21-26-42(27-22-37)49(41-19-11-4-12-20-41)43-28-23-38(24-29-43)44-32-40(36-17-9-3-10-18-36)33-46-45-31-39(35-15-7-2-8-16-35)25-30-47(45)50-48(44)46/h1-33H.